The molecule has 0 fully saturated rings. The minimum absolute atomic E-state index is 0.119. The molecule has 1 heterocycles. The standard InChI is InChI=1S/C18H15N3O5/c1-11-14(9-6-10-15(11)21(23)24)18(22)25-12(2)16-19-20-17(26-16)13-7-4-3-5-8-13/h3-10,12H,1-2H3/t12-/m1/s1. The van der Waals surface area contributed by atoms with E-state index >= 15 is 0 Å². The zero-order valence-corrected chi connectivity index (χ0v) is 14.1. The van der Waals surface area contributed by atoms with E-state index in [4.69, 9.17) is 9.15 Å². The van der Waals surface area contributed by atoms with Gasteiger partial charge < -0.3 is 9.15 Å². The van der Waals surface area contributed by atoms with Crippen LogP contribution in [0.5, 0.6) is 0 Å². The molecule has 0 unspecified atom stereocenters. The van der Waals surface area contributed by atoms with Gasteiger partial charge >= 0.3 is 5.97 Å². The first-order valence-electron chi connectivity index (χ1n) is 7.81. The van der Waals surface area contributed by atoms with Crippen LogP contribution >= 0.6 is 0 Å². The monoisotopic (exact) mass is 353 g/mol. The summed E-state index contributed by atoms with van der Waals surface area (Å²) in [6.45, 7) is 3.09. The van der Waals surface area contributed by atoms with Gasteiger partial charge in [0.25, 0.3) is 11.6 Å². The number of carbonyl (C=O) groups excluding carboxylic acids is 1. The lowest BCUT2D eigenvalue weighted by atomic mass is 10.1. The molecule has 132 valence electrons. The number of ether oxygens (including phenoxy) is 1. The molecule has 8 nitrogen and oxygen atoms in total. The molecule has 0 radical (unpaired) electrons. The van der Waals surface area contributed by atoms with Crippen LogP contribution in [0.4, 0.5) is 5.69 Å². The van der Waals surface area contributed by atoms with Crippen molar-refractivity contribution in [3.63, 3.8) is 0 Å². The fourth-order valence-corrected chi connectivity index (χ4v) is 2.41. The smallest absolute Gasteiger partial charge is 0.339 e. The Balaban J connectivity index is 1.77. The van der Waals surface area contributed by atoms with Crippen LogP contribution in [-0.4, -0.2) is 21.1 Å². The maximum absolute atomic E-state index is 12.4. The summed E-state index contributed by atoms with van der Waals surface area (Å²) in [5, 5.41) is 18.8. The van der Waals surface area contributed by atoms with Gasteiger partial charge in [-0.15, -0.1) is 10.2 Å². The zero-order chi connectivity index (χ0) is 18.7. The van der Waals surface area contributed by atoms with Crippen molar-refractivity contribution in [2.45, 2.75) is 20.0 Å². The van der Waals surface area contributed by atoms with E-state index in [0.29, 0.717) is 5.89 Å². The van der Waals surface area contributed by atoms with Crippen LogP contribution in [0.25, 0.3) is 11.5 Å². The van der Waals surface area contributed by atoms with Crippen molar-refractivity contribution in [3.8, 4) is 11.5 Å². The lowest BCUT2D eigenvalue weighted by Gasteiger charge is -2.11. The predicted molar refractivity (Wildman–Crippen MR) is 91.4 cm³/mol. The number of nitro groups is 1. The van der Waals surface area contributed by atoms with E-state index in [2.05, 4.69) is 10.2 Å². The molecular formula is C18H15N3O5. The summed E-state index contributed by atoms with van der Waals surface area (Å²) in [4.78, 5) is 22.8. The third-order valence-corrected chi connectivity index (χ3v) is 3.81. The predicted octanol–water partition coefficient (Wildman–Crippen LogP) is 3.87. The van der Waals surface area contributed by atoms with Gasteiger partial charge in [-0.05, 0) is 32.0 Å². The largest absolute Gasteiger partial charge is 0.449 e. The quantitative estimate of drug-likeness (QED) is 0.389. The summed E-state index contributed by atoms with van der Waals surface area (Å²) in [6, 6.07) is 13.4. The average Bonchev–Trinajstić information content (AvgIpc) is 3.12. The average molecular weight is 353 g/mol. The number of nitrogens with zero attached hydrogens (tertiary/aromatic N) is 3. The zero-order valence-electron chi connectivity index (χ0n) is 14.1. The molecule has 8 heteroatoms. The second-order valence-electron chi connectivity index (χ2n) is 5.57. The van der Waals surface area contributed by atoms with Crippen LogP contribution in [-0.2, 0) is 4.74 Å². The molecule has 0 amide bonds. The van der Waals surface area contributed by atoms with Crippen molar-refractivity contribution in [1.82, 2.24) is 10.2 Å². The molecule has 0 N–H and O–H groups in total. The van der Waals surface area contributed by atoms with Gasteiger partial charge in [0, 0.05) is 17.2 Å². The Kier molecular flexibility index (Phi) is 4.74. The SMILES string of the molecule is Cc1c(C(=O)O[C@H](C)c2nnc(-c3ccccc3)o2)cccc1[N+](=O)[O-]. The Morgan fingerprint density at radius 1 is 1.15 bits per heavy atom. The highest BCUT2D eigenvalue weighted by Crippen LogP contribution is 2.25. The van der Waals surface area contributed by atoms with Gasteiger partial charge in [0.15, 0.2) is 6.10 Å². The molecule has 0 aliphatic rings. The van der Waals surface area contributed by atoms with Crippen molar-refractivity contribution < 1.29 is 18.9 Å². The molecule has 0 saturated carbocycles. The van der Waals surface area contributed by atoms with E-state index < -0.39 is 17.0 Å². The van der Waals surface area contributed by atoms with Crippen LogP contribution in [0.3, 0.4) is 0 Å². The Labute approximate surface area is 148 Å². The number of hydrogen-bond donors (Lipinski definition) is 0. The molecule has 0 spiro atoms. The first kappa shape index (κ1) is 17.3. The second kappa shape index (κ2) is 7.14. The number of esters is 1. The van der Waals surface area contributed by atoms with E-state index in [9.17, 15) is 14.9 Å². The number of aromatic nitrogens is 2. The summed E-state index contributed by atoms with van der Waals surface area (Å²) in [7, 11) is 0. The molecule has 0 aliphatic carbocycles. The molecule has 2 aromatic carbocycles. The molecule has 0 saturated heterocycles. The van der Waals surface area contributed by atoms with Gasteiger partial charge in [-0.25, -0.2) is 4.79 Å². The molecule has 0 bridgehead atoms. The third kappa shape index (κ3) is 3.44. The Morgan fingerprint density at radius 3 is 2.58 bits per heavy atom. The fraction of sp³-hybridized carbons (Fsp3) is 0.167. The summed E-state index contributed by atoms with van der Waals surface area (Å²) in [5.74, 6) is -0.242. The summed E-state index contributed by atoms with van der Waals surface area (Å²) >= 11 is 0. The lowest BCUT2D eigenvalue weighted by Crippen LogP contribution is -2.11. The molecule has 3 aromatic rings. The molecule has 1 aromatic heterocycles. The van der Waals surface area contributed by atoms with E-state index in [-0.39, 0.29) is 22.7 Å². The van der Waals surface area contributed by atoms with Crippen LogP contribution < -0.4 is 0 Å². The maximum Gasteiger partial charge on any atom is 0.339 e. The number of nitro benzene ring substituents is 1. The Bertz CT molecular complexity index is 952. The van der Waals surface area contributed by atoms with Crippen LogP contribution in [0.1, 0.15) is 34.8 Å². The number of carbonyl (C=O) groups is 1. The van der Waals surface area contributed by atoms with Gasteiger partial charge in [0.05, 0.1) is 10.5 Å². The minimum Gasteiger partial charge on any atom is -0.449 e. The molecule has 3 rings (SSSR count). The second-order valence-corrected chi connectivity index (χ2v) is 5.57. The van der Waals surface area contributed by atoms with E-state index in [1.54, 1.807) is 6.92 Å². The number of hydrogen-bond acceptors (Lipinski definition) is 7. The van der Waals surface area contributed by atoms with Gasteiger partial charge in [-0.1, -0.05) is 24.3 Å². The Morgan fingerprint density at radius 2 is 1.88 bits per heavy atom. The van der Waals surface area contributed by atoms with Gasteiger partial charge in [0.1, 0.15) is 0 Å². The molecule has 0 aliphatic heterocycles. The highest BCUT2D eigenvalue weighted by Gasteiger charge is 2.23. The molecule has 26 heavy (non-hydrogen) atoms. The van der Waals surface area contributed by atoms with E-state index in [1.165, 1.54) is 25.1 Å². The summed E-state index contributed by atoms with van der Waals surface area (Å²) in [6.07, 6.45) is -0.800. The van der Waals surface area contributed by atoms with Crippen molar-refractivity contribution in [1.29, 1.82) is 0 Å². The van der Waals surface area contributed by atoms with Gasteiger partial charge in [-0.3, -0.25) is 10.1 Å². The molecular weight excluding hydrogens is 338 g/mol. The topological polar surface area (TPSA) is 108 Å². The highest BCUT2D eigenvalue weighted by atomic mass is 16.6. The van der Waals surface area contributed by atoms with E-state index in [0.717, 1.165) is 5.56 Å². The van der Waals surface area contributed by atoms with Gasteiger partial charge in [0.2, 0.25) is 5.89 Å². The first-order valence-corrected chi connectivity index (χ1v) is 7.81. The Hall–Kier alpha value is -3.55. The number of rotatable bonds is 5. The van der Waals surface area contributed by atoms with E-state index in [1.807, 2.05) is 30.3 Å². The van der Waals surface area contributed by atoms with Crippen molar-refractivity contribution in [2.24, 2.45) is 0 Å². The van der Waals surface area contributed by atoms with Crippen molar-refractivity contribution in [3.05, 3.63) is 75.7 Å². The molecule has 1 atom stereocenters. The van der Waals surface area contributed by atoms with Crippen LogP contribution in [0.2, 0.25) is 0 Å². The summed E-state index contributed by atoms with van der Waals surface area (Å²) in [5.41, 5.74) is 0.967. The van der Waals surface area contributed by atoms with Crippen molar-refractivity contribution >= 4 is 11.7 Å². The normalized spacial score (nSPS) is 11.8. The fourth-order valence-electron chi connectivity index (χ4n) is 2.41. The maximum atomic E-state index is 12.4. The van der Waals surface area contributed by atoms with Crippen molar-refractivity contribution in [2.75, 3.05) is 0 Å². The lowest BCUT2D eigenvalue weighted by molar-refractivity contribution is -0.385. The third-order valence-electron chi connectivity index (χ3n) is 3.81. The van der Waals surface area contributed by atoms with Crippen LogP contribution in [0, 0.1) is 17.0 Å². The highest BCUT2D eigenvalue weighted by molar-refractivity contribution is 5.92. The van der Waals surface area contributed by atoms with Gasteiger partial charge in [-0.2, -0.15) is 0 Å². The first-order chi connectivity index (χ1) is 12.5. The van der Waals surface area contributed by atoms with Crippen LogP contribution in [0.15, 0.2) is 52.9 Å². The minimum atomic E-state index is -0.800. The summed E-state index contributed by atoms with van der Waals surface area (Å²) < 4.78 is 10.9. The number of benzene rings is 2.